The molecule has 8 heteroatoms. The Morgan fingerprint density at radius 2 is 1.76 bits per heavy atom. The first-order valence-corrected chi connectivity index (χ1v) is 10.3. The normalized spacial score (nSPS) is 11.0. The Bertz CT molecular complexity index is 1010. The summed E-state index contributed by atoms with van der Waals surface area (Å²) in [5.41, 5.74) is 2.32. The van der Waals surface area contributed by atoms with Gasteiger partial charge in [0.05, 0.1) is 16.0 Å². The van der Waals surface area contributed by atoms with E-state index in [1.54, 1.807) is 30.3 Å². The minimum atomic E-state index is -0.394. The zero-order chi connectivity index (χ0) is 20.6. The van der Waals surface area contributed by atoms with Crippen LogP contribution in [0.3, 0.4) is 0 Å². The molecule has 0 bridgehead atoms. The fourth-order valence-corrected chi connectivity index (χ4v) is 3.95. The Hall–Kier alpha value is -2.54. The van der Waals surface area contributed by atoms with Crippen LogP contribution >= 0.6 is 35.0 Å². The summed E-state index contributed by atoms with van der Waals surface area (Å²) in [6, 6.07) is 19.9. The van der Waals surface area contributed by atoms with Crippen molar-refractivity contribution in [2.75, 3.05) is 0 Å². The Labute approximate surface area is 182 Å². The van der Waals surface area contributed by atoms with Crippen LogP contribution in [0.4, 0.5) is 5.69 Å². The lowest BCUT2D eigenvalue weighted by molar-refractivity contribution is -0.387. The lowest BCUT2D eigenvalue weighted by atomic mass is 10.2. The maximum atomic E-state index is 11.5. The summed E-state index contributed by atoms with van der Waals surface area (Å²) in [5, 5.41) is 16.3. The first kappa shape index (κ1) is 21.2. The highest BCUT2D eigenvalue weighted by molar-refractivity contribution is 7.98. The van der Waals surface area contributed by atoms with E-state index < -0.39 is 4.92 Å². The van der Waals surface area contributed by atoms with Gasteiger partial charge in [0.15, 0.2) is 0 Å². The van der Waals surface area contributed by atoms with Crippen molar-refractivity contribution in [1.29, 1.82) is 0 Å². The maximum absolute atomic E-state index is 11.5. The lowest BCUT2D eigenvalue weighted by Gasteiger charge is -2.05. The first-order chi connectivity index (χ1) is 14.0. The third-order valence-corrected chi connectivity index (χ3v) is 5.81. The molecule has 3 rings (SSSR count). The van der Waals surface area contributed by atoms with Crippen LogP contribution in [0.5, 0.6) is 0 Å². The van der Waals surface area contributed by atoms with E-state index in [0.29, 0.717) is 31.8 Å². The SMILES string of the molecule is O=[N+]([O-])c1cc(C=NOCc2c(Cl)cccc2Cl)ccc1SCc1ccccc1. The highest BCUT2D eigenvalue weighted by Crippen LogP contribution is 2.32. The molecule has 0 aliphatic heterocycles. The van der Waals surface area contributed by atoms with Crippen LogP contribution in [0, 0.1) is 10.1 Å². The van der Waals surface area contributed by atoms with E-state index in [4.69, 9.17) is 28.0 Å². The van der Waals surface area contributed by atoms with Gasteiger partial charge in [-0.3, -0.25) is 10.1 Å². The Kier molecular flexibility index (Phi) is 7.52. The van der Waals surface area contributed by atoms with Gasteiger partial charge in [0.1, 0.15) is 6.61 Å². The van der Waals surface area contributed by atoms with E-state index in [9.17, 15) is 10.1 Å². The predicted octanol–water partition coefficient (Wildman–Crippen LogP) is 6.74. The highest BCUT2D eigenvalue weighted by Gasteiger charge is 2.15. The standard InChI is InChI=1S/C21H16Cl2N2O3S/c22-18-7-4-8-19(23)17(18)13-28-24-12-16-9-10-21(20(11-16)25(26)27)29-14-15-5-2-1-3-6-15/h1-12H,13-14H2. The third kappa shape index (κ3) is 5.97. The molecule has 0 saturated heterocycles. The molecule has 0 atom stereocenters. The third-order valence-electron chi connectivity index (χ3n) is 3.96. The predicted molar refractivity (Wildman–Crippen MR) is 118 cm³/mol. The molecule has 0 aliphatic carbocycles. The molecule has 0 amide bonds. The van der Waals surface area contributed by atoms with Crippen LogP contribution in [0.15, 0.2) is 76.8 Å². The zero-order valence-corrected chi connectivity index (χ0v) is 17.5. The van der Waals surface area contributed by atoms with Crippen LogP contribution in [0.2, 0.25) is 10.0 Å². The van der Waals surface area contributed by atoms with Crippen LogP contribution in [0.1, 0.15) is 16.7 Å². The van der Waals surface area contributed by atoms with Gasteiger partial charge in [-0.25, -0.2) is 0 Å². The van der Waals surface area contributed by atoms with Gasteiger partial charge < -0.3 is 4.84 Å². The molecule has 148 valence electrons. The number of rotatable bonds is 8. The number of nitro benzene ring substituents is 1. The van der Waals surface area contributed by atoms with Gasteiger partial charge in [-0.15, -0.1) is 11.8 Å². The number of halogens is 2. The monoisotopic (exact) mass is 446 g/mol. The topological polar surface area (TPSA) is 64.7 Å². The van der Waals surface area contributed by atoms with E-state index in [1.165, 1.54) is 24.0 Å². The van der Waals surface area contributed by atoms with Crippen molar-refractivity contribution in [1.82, 2.24) is 0 Å². The second-order valence-electron chi connectivity index (χ2n) is 5.97. The van der Waals surface area contributed by atoms with Gasteiger partial charge in [0.25, 0.3) is 5.69 Å². The molecule has 3 aromatic carbocycles. The molecule has 0 radical (unpaired) electrons. The molecular weight excluding hydrogens is 431 g/mol. The molecule has 0 saturated carbocycles. The number of nitro groups is 1. The molecule has 29 heavy (non-hydrogen) atoms. The summed E-state index contributed by atoms with van der Waals surface area (Å²) in [6.07, 6.45) is 1.42. The summed E-state index contributed by atoms with van der Waals surface area (Å²) >= 11 is 13.6. The van der Waals surface area contributed by atoms with Crippen LogP contribution in [-0.2, 0) is 17.2 Å². The molecule has 0 fully saturated rings. The Morgan fingerprint density at radius 1 is 1.03 bits per heavy atom. The number of thioether (sulfide) groups is 1. The van der Waals surface area contributed by atoms with Crippen molar-refractivity contribution >= 4 is 46.9 Å². The molecule has 0 aromatic heterocycles. The van der Waals surface area contributed by atoms with Crippen molar-refractivity contribution in [2.24, 2.45) is 5.16 Å². The van der Waals surface area contributed by atoms with Gasteiger partial charge >= 0.3 is 0 Å². The molecule has 0 N–H and O–H groups in total. The van der Waals surface area contributed by atoms with Crippen LogP contribution < -0.4 is 0 Å². The summed E-state index contributed by atoms with van der Waals surface area (Å²) in [4.78, 5) is 16.9. The van der Waals surface area contributed by atoms with Gasteiger partial charge in [0.2, 0.25) is 0 Å². The van der Waals surface area contributed by atoms with E-state index in [-0.39, 0.29) is 12.3 Å². The van der Waals surface area contributed by atoms with Gasteiger partial charge in [-0.1, -0.05) is 70.8 Å². The minimum Gasteiger partial charge on any atom is -0.391 e. The van der Waals surface area contributed by atoms with Gasteiger partial charge in [-0.05, 0) is 23.8 Å². The van der Waals surface area contributed by atoms with E-state index in [1.807, 2.05) is 30.3 Å². The average molecular weight is 447 g/mol. The molecular formula is C21H16Cl2N2O3S. The van der Waals surface area contributed by atoms with E-state index in [0.717, 1.165) is 5.56 Å². The van der Waals surface area contributed by atoms with Gasteiger partial charge in [-0.2, -0.15) is 0 Å². The summed E-state index contributed by atoms with van der Waals surface area (Å²) in [7, 11) is 0. The molecule has 0 spiro atoms. The van der Waals surface area contributed by atoms with Crippen molar-refractivity contribution in [3.8, 4) is 0 Å². The molecule has 5 nitrogen and oxygen atoms in total. The van der Waals surface area contributed by atoms with E-state index in [2.05, 4.69) is 5.16 Å². The fourth-order valence-electron chi connectivity index (χ4n) is 2.48. The highest BCUT2D eigenvalue weighted by atomic mass is 35.5. The van der Waals surface area contributed by atoms with Crippen molar-refractivity contribution in [3.05, 3.63) is 104 Å². The second kappa shape index (κ2) is 10.3. The number of hydrogen-bond donors (Lipinski definition) is 0. The van der Waals surface area contributed by atoms with Crippen molar-refractivity contribution in [3.63, 3.8) is 0 Å². The Balaban J connectivity index is 1.66. The largest absolute Gasteiger partial charge is 0.391 e. The second-order valence-corrected chi connectivity index (χ2v) is 7.80. The lowest BCUT2D eigenvalue weighted by Crippen LogP contribution is -1.94. The molecule has 0 heterocycles. The number of benzene rings is 3. The molecule has 3 aromatic rings. The number of oxime groups is 1. The van der Waals surface area contributed by atoms with Crippen LogP contribution in [-0.4, -0.2) is 11.1 Å². The average Bonchev–Trinajstić information content (AvgIpc) is 2.72. The fraction of sp³-hybridized carbons (Fsp3) is 0.0952. The zero-order valence-electron chi connectivity index (χ0n) is 15.1. The van der Waals surface area contributed by atoms with Crippen molar-refractivity contribution in [2.45, 2.75) is 17.3 Å². The summed E-state index contributed by atoms with van der Waals surface area (Å²) in [6.45, 7) is 0.0993. The van der Waals surface area contributed by atoms with E-state index >= 15 is 0 Å². The van der Waals surface area contributed by atoms with Crippen LogP contribution in [0.25, 0.3) is 0 Å². The summed E-state index contributed by atoms with van der Waals surface area (Å²) in [5.74, 6) is 0.650. The smallest absolute Gasteiger partial charge is 0.283 e. The maximum Gasteiger partial charge on any atom is 0.283 e. The molecule has 0 unspecified atom stereocenters. The van der Waals surface area contributed by atoms with Gasteiger partial charge in [0, 0.05) is 33.0 Å². The first-order valence-electron chi connectivity index (χ1n) is 8.58. The Morgan fingerprint density at radius 3 is 2.45 bits per heavy atom. The van der Waals surface area contributed by atoms with Crippen molar-refractivity contribution < 1.29 is 9.76 Å². The number of nitrogens with zero attached hydrogens (tertiary/aromatic N) is 2. The quantitative estimate of drug-likeness (QED) is 0.166. The minimum absolute atomic E-state index is 0.0315. The summed E-state index contributed by atoms with van der Waals surface area (Å²) < 4.78 is 0. The number of hydrogen-bond acceptors (Lipinski definition) is 5. The molecule has 0 aliphatic rings.